The van der Waals surface area contributed by atoms with E-state index in [9.17, 15) is 14.6 Å². The maximum absolute atomic E-state index is 12.6. The van der Waals surface area contributed by atoms with Gasteiger partial charge in [0.05, 0.1) is 22.9 Å². The lowest BCUT2D eigenvalue weighted by molar-refractivity contribution is -0.277. The molecule has 0 saturated heterocycles. The highest BCUT2D eigenvalue weighted by Crippen LogP contribution is 2.60. The number of hydrogen-bond donors (Lipinski definition) is 2. The minimum atomic E-state index is -0.788. The number of hydrogen-bond acceptors (Lipinski definition) is 3. The molecule has 0 aromatic carbocycles. The van der Waals surface area contributed by atoms with Crippen LogP contribution in [0.5, 0.6) is 0 Å². The SMILES string of the molecule is CC(CF)OC12CC3CC(O)(CC(O)(C3)C1)C2. The van der Waals surface area contributed by atoms with Gasteiger partial charge in [-0.2, -0.15) is 0 Å². The Morgan fingerprint density at radius 3 is 2.24 bits per heavy atom. The molecule has 0 heterocycles. The quantitative estimate of drug-likeness (QED) is 0.792. The van der Waals surface area contributed by atoms with Crippen molar-refractivity contribution < 1.29 is 19.3 Å². The molecule has 4 aliphatic rings. The largest absolute Gasteiger partial charge is 0.390 e. The van der Waals surface area contributed by atoms with Crippen LogP contribution in [0.2, 0.25) is 0 Å². The summed E-state index contributed by atoms with van der Waals surface area (Å²) < 4.78 is 18.4. The van der Waals surface area contributed by atoms with E-state index in [1.54, 1.807) is 6.92 Å². The molecule has 4 fully saturated rings. The Balaban J connectivity index is 1.87. The van der Waals surface area contributed by atoms with Gasteiger partial charge in [0.1, 0.15) is 6.67 Å². The Hall–Kier alpha value is -0.190. The van der Waals surface area contributed by atoms with E-state index in [-0.39, 0.29) is 0 Å². The van der Waals surface area contributed by atoms with Crippen molar-refractivity contribution >= 4 is 0 Å². The van der Waals surface area contributed by atoms with Crippen molar-refractivity contribution in [2.24, 2.45) is 5.92 Å². The van der Waals surface area contributed by atoms with Crippen molar-refractivity contribution in [3.05, 3.63) is 0 Å². The maximum Gasteiger partial charge on any atom is 0.115 e. The molecule has 3 nitrogen and oxygen atoms in total. The Morgan fingerprint density at radius 2 is 1.76 bits per heavy atom. The van der Waals surface area contributed by atoms with Gasteiger partial charge in [-0.1, -0.05) is 0 Å². The zero-order valence-electron chi connectivity index (χ0n) is 10.3. The number of aliphatic hydroxyl groups is 2. The van der Waals surface area contributed by atoms with Crippen LogP contribution in [0.3, 0.4) is 0 Å². The maximum atomic E-state index is 12.6. The van der Waals surface area contributed by atoms with E-state index < -0.39 is 29.6 Å². The highest BCUT2D eigenvalue weighted by atomic mass is 19.1. The van der Waals surface area contributed by atoms with E-state index in [0.717, 1.165) is 19.3 Å². The van der Waals surface area contributed by atoms with Gasteiger partial charge < -0.3 is 14.9 Å². The van der Waals surface area contributed by atoms with Gasteiger partial charge in [0.25, 0.3) is 0 Å². The predicted octanol–water partition coefficient (Wildman–Crippen LogP) is 1.56. The van der Waals surface area contributed by atoms with Crippen LogP contribution >= 0.6 is 0 Å². The molecule has 4 rings (SSSR count). The van der Waals surface area contributed by atoms with Crippen LogP contribution < -0.4 is 0 Å². The van der Waals surface area contributed by atoms with Crippen LogP contribution in [0.1, 0.15) is 45.4 Å². The van der Waals surface area contributed by atoms with Gasteiger partial charge in [0.15, 0.2) is 0 Å². The summed E-state index contributed by atoms with van der Waals surface area (Å²) in [5.74, 6) is 0.327. The van der Waals surface area contributed by atoms with E-state index >= 15 is 0 Å². The molecule has 0 amide bonds. The zero-order chi connectivity index (χ0) is 12.3. The lowest BCUT2D eigenvalue weighted by Gasteiger charge is -2.63. The van der Waals surface area contributed by atoms with Crippen molar-refractivity contribution in [2.75, 3.05) is 6.67 Å². The average Bonchev–Trinajstić information content (AvgIpc) is 2.10. The summed E-state index contributed by atoms with van der Waals surface area (Å²) in [5.41, 5.74) is -2.07. The molecule has 3 atom stereocenters. The van der Waals surface area contributed by atoms with Crippen molar-refractivity contribution in [3.63, 3.8) is 0 Å². The highest BCUT2D eigenvalue weighted by molar-refractivity contribution is 5.16. The average molecular weight is 244 g/mol. The standard InChI is InChI=1S/C13H21FO3/c1-9(5-14)17-13-4-10-2-11(15,7-13)6-12(16,3-10)8-13/h9-10,15-16H,2-8H2,1H3. The minimum absolute atomic E-state index is 0.327. The molecule has 0 spiro atoms. The number of ether oxygens (including phenoxy) is 1. The van der Waals surface area contributed by atoms with Crippen molar-refractivity contribution in [3.8, 4) is 0 Å². The molecule has 4 bridgehead atoms. The third-order valence-electron chi connectivity index (χ3n) is 4.63. The van der Waals surface area contributed by atoms with E-state index in [1.807, 2.05) is 0 Å². The van der Waals surface area contributed by atoms with Gasteiger partial charge in [-0.15, -0.1) is 0 Å². The molecule has 4 heteroatoms. The summed E-state index contributed by atoms with van der Waals surface area (Å²) in [5, 5.41) is 21.0. The molecule has 17 heavy (non-hydrogen) atoms. The van der Waals surface area contributed by atoms with E-state index in [4.69, 9.17) is 4.74 Å². The fourth-order valence-electron chi connectivity index (χ4n) is 4.84. The molecule has 4 saturated carbocycles. The third kappa shape index (κ3) is 1.90. The molecular weight excluding hydrogens is 223 g/mol. The summed E-state index contributed by atoms with van der Waals surface area (Å²) >= 11 is 0. The van der Waals surface area contributed by atoms with Gasteiger partial charge in [-0.25, -0.2) is 4.39 Å². The molecular formula is C13H21FO3. The number of rotatable bonds is 3. The van der Waals surface area contributed by atoms with Gasteiger partial charge in [0, 0.05) is 19.3 Å². The van der Waals surface area contributed by atoms with E-state index in [2.05, 4.69) is 0 Å². The van der Waals surface area contributed by atoms with Gasteiger partial charge in [-0.3, -0.25) is 0 Å². The lowest BCUT2D eigenvalue weighted by Crippen LogP contribution is -2.67. The number of alkyl halides is 1. The molecule has 3 unspecified atom stereocenters. The monoisotopic (exact) mass is 244 g/mol. The summed E-state index contributed by atoms with van der Waals surface area (Å²) in [6.07, 6.45) is 3.54. The van der Waals surface area contributed by atoms with Crippen LogP contribution in [-0.4, -0.2) is 39.8 Å². The van der Waals surface area contributed by atoms with E-state index in [1.165, 1.54) is 0 Å². The van der Waals surface area contributed by atoms with Crippen LogP contribution in [-0.2, 0) is 4.74 Å². The molecule has 2 N–H and O–H groups in total. The summed E-state index contributed by atoms with van der Waals surface area (Å²) in [6, 6.07) is 0. The fourth-order valence-corrected chi connectivity index (χ4v) is 4.84. The van der Waals surface area contributed by atoms with Crippen LogP contribution in [0, 0.1) is 5.92 Å². The van der Waals surface area contributed by atoms with Crippen LogP contribution in [0.25, 0.3) is 0 Å². The molecule has 98 valence electrons. The number of halogens is 1. The molecule has 0 radical (unpaired) electrons. The summed E-state index contributed by atoms with van der Waals surface area (Å²) in [6.45, 7) is 1.20. The first-order chi connectivity index (χ1) is 7.86. The minimum Gasteiger partial charge on any atom is -0.390 e. The highest BCUT2D eigenvalue weighted by Gasteiger charge is 2.63. The summed E-state index contributed by atoms with van der Waals surface area (Å²) in [7, 11) is 0. The Bertz CT molecular complexity index is 315. The van der Waals surface area contributed by atoms with Crippen LogP contribution in [0.15, 0.2) is 0 Å². The van der Waals surface area contributed by atoms with Crippen molar-refractivity contribution in [1.82, 2.24) is 0 Å². The second-order valence-corrected chi connectivity index (χ2v) is 6.72. The van der Waals surface area contributed by atoms with Crippen molar-refractivity contribution in [2.45, 2.75) is 68.4 Å². The topological polar surface area (TPSA) is 49.7 Å². The zero-order valence-corrected chi connectivity index (χ0v) is 10.3. The van der Waals surface area contributed by atoms with Gasteiger partial charge >= 0.3 is 0 Å². The normalized spacial score (nSPS) is 54.0. The van der Waals surface area contributed by atoms with Crippen molar-refractivity contribution in [1.29, 1.82) is 0 Å². The fraction of sp³-hybridized carbons (Fsp3) is 1.00. The molecule has 0 aromatic rings. The first-order valence-corrected chi connectivity index (χ1v) is 6.55. The predicted molar refractivity (Wildman–Crippen MR) is 60.3 cm³/mol. The lowest BCUT2D eigenvalue weighted by atomic mass is 9.50. The molecule has 0 aromatic heterocycles. The molecule has 0 aliphatic heterocycles. The second kappa shape index (κ2) is 3.43. The summed E-state index contributed by atoms with van der Waals surface area (Å²) in [4.78, 5) is 0. The Morgan fingerprint density at radius 1 is 1.18 bits per heavy atom. The van der Waals surface area contributed by atoms with Crippen LogP contribution in [0.4, 0.5) is 4.39 Å². The third-order valence-corrected chi connectivity index (χ3v) is 4.63. The van der Waals surface area contributed by atoms with Gasteiger partial charge in [0.2, 0.25) is 0 Å². The molecule has 4 aliphatic carbocycles. The van der Waals surface area contributed by atoms with Gasteiger partial charge in [-0.05, 0) is 32.1 Å². The second-order valence-electron chi connectivity index (χ2n) is 6.72. The Kier molecular flexibility index (Phi) is 2.39. The first kappa shape index (κ1) is 11.9. The van der Waals surface area contributed by atoms with E-state index in [0.29, 0.717) is 25.2 Å². The Labute approximate surface area is 101 Å². The first-order valence-electron chi connectivity index (χ1n) is 6.55. The smallest absolute Gasteiger partial charge is 0.115 e.